The molecule has 0 N–H and O–H groups in total. The molecule has 176 valence electrons. The molecule has 0 saturated carbocycles. The van der Waals surface area contributed by atoms with Crippen LogP contribution in [0, 0.1) is 12.7 Å². The number of nitrogens with zero attached hydrogens (tertiary/aromatic N) is 4. The van der Waals surface area contributed by atoms with E-state index in [4.69, 9.17) is 16.3 Å². The maximum Gasteiger partial charge on any atom is 0.416 e. The summed E-state index contributed by atoms with van der Waals surface area (Å²) in [5.74, 6) is -0.0984. The summed E-state index contributed by atoms with van der Waals surface area (Å²) in [5.41, 5.74) is -0.140. The molecule has 4 rings (SSSR count). The molecule has 0 radical (unpaired) electrons. The van der Waals surface area contributed by atoms with Crippen LogP contribution in [0.3, 0.4) is 0 Å². The Morgan fingerprint density at radius 3 is 2.67 bits per heavy atom. The third kappa shape index (κ3) is 4.54. The molecule has 0 bridgehead atoms. The van der Waals surface area contributed by atoms with Crippen molar-refractivity contribution in [2.75, 3.05) is 24.6 Å². The topological polar surface area (TPSA) is 60.3 Å². The van der Waals surface area contributed by atoms with Crippen molar-refractivity contribution in [1.82, 2.24) is 14.5 Å². The Bertz CT molecular complexity index is 1260. The van der Waals surface area contributed by atoms with Crippen molar-refractivity contribution in [2.45, 2.75) is 39.1 Å². The zero-order valence-corrected chi connectivity index (χ0v) is 18.7. The molecular formula is C22H21ClF4N4O2. The number of ether oxygens (including phenoxy) is 1. The van der Waals surface area contributed by atoms with Crippen LogP contribution >= 0.6 is 11.6 Å². The van der Waals surface area contributed by atoms with E-state index in [1.54, 1.807) is 6.92 Å². The molecule has 1 atom stereocenters. The van der Waals surface area contributed by atoms with Gasteiger partial charge in [0, 0.05) is 29.7 Å². The van der Waals surface area contributed by atoms with Crippen molar-refractivity contribution in [2.24, 2.45) is 0 Å². The van der Waals surface area contributed by atoms with Gasteiger partial charge in [0.25, 0.3) is 5.56 Å². The van der Waals surface area contributed by atoms with Gasteiger partial charge < -0.3 is 9.64 Å². The number of halogens is 5. The quantitative estimate of drug-likeness (QED) is 0.501. The number of aryl methyl sites for hydroxylation is 1. The van der Waals surface area contributed by atoms with Crippen molar-refractivity contribution in [1.29, 1.82) is 0 Å². The Morgan fingerprint density at radius 2 is 2.00 bits per heavy atom. The van der Waals surface area contributed by atoms with E-state index in [1.807, 2.05) is 6.92 Å². The lowest BCUT2D eigenvalue weighted by molar-refractivity contribution is -0.221. The van der Waals surface area contributed by atoms with Crippen molar-refractivity contribution in [3.63, 3.8) is 0 Å². The molecule has 1 aromatic carbocycles. The third-order valence-electron chi connectivity index (χ3n) is 5.51. The molecule has 1 aliphatic heterocycles. The Labute approximate surface area is 191 Å². The van der Waals surface area contributed by atoms with Crippen LogP contribution in [0.5, 0.6) is 0 Å². The number of morpholine rings is 1. The molecular weight excluding hydrogens is 464 g/mol. The number of benzene rings is 1. The van der Waals surface area contributed by atoms with Gasteiger partial charge in [-0.2, -0.15) is 13.2 Å². The minimum atomic E-state index is -4.54. The summed E-state index contributed by atoms with van der Waals surface area (Å²) in [5, 5.41) is 0.259. The molecule has 1 fully saturated rings. The van der Waals surface area contributed by atoms with E-state index in [0.717, 1.165) is 6.07 Å². The minimum Gasteiger partial charge on any atom is -0.365 e. The molecule has 3 aromatic rings. The van der Waals surface area contributed by atoms with Crippen LogP contribution in [0.15, 0.2) is 29.1 Å². The predicted molar refractivity (Wildman–Crippen MR) is 117 cm³/mol. The SMILES string of the molecule is CCCn1c(C)nc2cc(N3CCO[C@@H](C(F)(F)F)C3)nc(-c3ccc(Cl)cc3F)c2c1=O. The number of aromatic nitrogens is 3. The summed E-state index contributed by atoms with van der Waals surface area (Å²) in [6, 6.07) is 5.42. The third-order valence-corrected chi connectivity index (χ3v) is 5.74. The highest BCUT2D eigenvalue weighted by Gasteiger charge is 2.43. The van der Waals surface area contributed by atoms with Crippen LogP contribution in [0.4, 0.5) is 23.4 Å². The molecule has 0 aliphatic carbocycles. The van der Waals surface area contributed by atoms with Crippen molar-refractivity contribution in [3.05, 3.63) is 51.3 Å². The Balaban J connectivity index is 1.95. The molecule has 33 heavy (non-hydrogen) atoms. The van der Waals surface area contributed by atoms with Gasteiger partial charge in [-0.05, 0) is 31.5 Å². The van der Waals surface area contributed by atoms with Crippen LogP contribution in [0.25, 0.3) is 22.2 Å². The van der Waals surface area contributed by atoms with Gasteiger partial charge in [0.15, 0.2) is 6.10 Å². The van der Waals surface area contributed by atoms with Crippen LogP contribution < -0.4 is 10.5 Å². The number of pyridine rings is 1. The molecule has 0 amide bonds. The van der Waals surface area contributed by atoms with Crippen LogP contribution in [-0.4, -0.2) is 46.5 Å². The fourth-order valence-corrected chi connectivity index (χ4v) is 4.07. The van der Waals surface area contributed by atoms with Gasteiger partial charge in [-0.15, -0.1) is 0 Å². The summed E-state index contributed by atoms with van der Waals surface area (Å²) in [6.07, 6.45) is -5.84. The molecule has 1 saturated heterocycles. The second-order valence-corrected chi connectivity index (χ2v) is 8.25. The fourth-order valence-electron chi connectivity index (χ4n) is 3.91. The molecule has 11 heteroatoms. The van der Waals surface area contributed by atoms with Crippen LogP contribution in [-0.2, 0) is 11.3 Å². The predicted octanol–water partition coefficient (Wildman–Crippen LogP) is 4.74. The van der Waals surface area contributed by atoms with Crippen molar-refractivity contribution < 1.29 is 22.3 Å². The minimum absolute atomic E-state index is 0.00840. The molecule has 3 heterocycles. The molecule has 6 nitrogen and oxygen atoms in total. The van der Waals surface area contributed by atoms with Gasteiger partial charge in [-0.1, -0.05) is 18.5 Å². The first-order valence-electron chi connectivity index (χ1n) is 10.4. The highest BCUT2D eigenvalue weighted by atomic mass is 35.5. The molecule has 2 aromatic heterocycles. The van der Waals surface area contributed by atoms with Crippen molar-refractivity contribution >= 4 is 28.3 Å². The van der Waals surface area contributed by atoms with Crippen LogP contribution in [0.1, 0.15) is 19.2 Å². The number of alkyl halides is 3. The van der Waals surface area contributed by atoms with Gasteiger partial charge >= 0.3 is 6.18 Å². The van der Waals surface area contributed by atoms with Crippen LogP contribution in [0.2, 0.25) is 5.02 Å². The number of rotatable bonds is 4. The fraction of sp³-hybridized carbons (Fsp3) is 0.409. The second kappa shape index (κ2) is 8.90. The number of fused-ring (bicyclic) bond motifs is 1. The Hall–Kier alpha value is -2.72. The maximum atomic E-state index is 14.9. The normalized spacial score (nSPS) is 17.1. The van der Waals surface area contributed by atoms with Gasteiger partial charge in [0.1, 0.15) is 17.5 Å². The lowest BCUT2D eigenvalue weighted by Gasteiger charge is -2.34. The van der Waals surface area contributed by atoms with Gasteiger partial charge in [0.05, 0.1) is 29.7 Å². The average molecular weight is 485 g/mol. The first-order valence-corrected chi connectivity index (χ1v) is 10.8. The Kier molecular flexibility index (Phi) is 6.32. The lowest BCUT2D eigenvalue weighted by atomic mass is 10.1. The lowest BCUT2D eigenvalue weighted by Crippen LogP contribution is -2.49. The van der Waals surface area contributed by atoms with E-state index in [0.29, 0.717) is 18.8 Å². The zero-order valence-electron chi connectivity index (χ0n) is 17.9. The Morgan fingerprint density at radius 1 is 1.24 bits per heavy atom. The largest absolute Gasteiger partial charge is 0.416 e. The summed E-state index contributed by atoms with van der Waals surface area (Å²) in [4.78, 5) is 23.7. The van der Waals surface area contributed by atoms with E-state index in [2.05, 4.69) is 9.97 Å². The highest BCUT2D eigenvalue weighted by molar-refractivity contribution is 6.30. The molecule has 1 aliphatic rings. The number of anilines is 1. The van der Waals surface area contributed by atoms with E-state index in [-0.39, 0.29) is 46.2 Å². The summed E-state index contributed by atoms with van der Waals surface area (Å²) in [7, 11) is 0. The van der Waals surface area contributed by atoms with Crippen molar-refractivity contribution in [3.8, 4) is 11.3 Å². The number of hydrogen-bond acceptors (Lipinski definition) is 5. The summed E-state index contributed by atoms with van der Waals surface area (Å²) < 4.78 is 61.0. The smallest absolute Gasteiger partial charge is 0.365 e. The average Bonchev–Trinajstić information content (AvgIpc) is 2.75. The van der Waals surface area contributed by atoms with E-state index in [9.17, 15) is 22.4 Å². The summed E-state index contributed by atoms with van der Waals surface area (Å²) >= 11 is 5.89. The highest BCUT2D eigenvalue weighted by Crippen LogP contribution is 2.33. The second-order valence-electron chi connectivity index (χ2n) is 7.81. The van der Waals surface area contributed by atoms with E-state index >= 15 is 0 Å². The number of hydrogen-bond donors (Lipinski definition) is 0. The molecule has 0 spiro atoms. The zero-order chi connectivity index (χ0) is 23.9. The monoisotopic (exact) mass is 484 g/mol. The first kappa shape index (κ1) is 23.4. The van der Waals surface area contributed by atoms with Gasteiger partial charge in [-0.3, -0.25) is 9.36 Å². The molecule has 0 unspecified atom stereocenters. The standard InChI is InChI=1S/C22H21ClF4N4O2/c1-3-6-31-12(2)28-16-10-18(30-7-8-33-17(11-30)22(25,26)27)29-20(19(16)21(31)32)14-5-4-13(23)9-15(14)24/h4-5,9-10,17H,3,6-8,11H2,1-2H3/t17-/m1/s1. The summed E-state index contributed by atoms with van der Waals surface area (Å²) in [6.45, 7) is 3.52. The maximum absolute atomic E-state index is 14.9. The van der Waals surface area contributed by atoms with E-state index in [1.165, 1.54) is 27.7 Å². The van der Waals surface area contributed by atoms with Gasteiger partial charge in [0.2, 0.25) is 0 Å². The van der Waals surface area contributed by atoms with E-state index < -0.39 is 30.2 Å². The van der Waals surface area contributed by atoms with Gasteiger partial charge in [-0.25, -0.2) is 14.4 Å². The first-order chi connectivity index (χ1) is 15.6.